The molecule has 8 nitrogen and oxygen atoms in total. The molecule has 2 aromatic heterocycles. The molecule has 0 bridgehead atoms. The van der Waals surface area contributed by atoms with E-state index in [4.69, 9.17) is 4.74 Å². The summed E-state index contributed by atoms with van der Waals surface area (Å²) in [4.78, 5) is 24.5. The second-order valence-electron chi connectivity index (χ2n) is 7.04. The zero-order valence-corrected chi connectivity index (χ0v) is 16.6. The third kappa shape index (κ3) is 4.47. The van der Waals surface area contributed by atoms with Gasteiger partial charge in [0, 0.05) is 37.8 Å². The summed E-state index contributed by atoms with van der Waals surface area (Å²) < 4.78 is 7.61. The lowest BCUT2D eigenvalue weighted by molar-refractivity contribution is 0.0687. The summed E-state index contributed by atoms with van der Waals surface area (Å²) in [7, 11) is 7.82. The number of rotatable bonds is 8. The summed E-state index contributed by atoms with van der Waals surface area (Å²) >= 11 is 0. The van der Waals surface area contributed by atoms with Crippen LogP contribution in [0.1, 0.15) is 16.3 Å². The van der Waals surface area contributed by atoms with E-state index in [0.717, 1.165) is 18.5 Å². The Balaban J connectivity index is 1.82. The van der Waals surface area contributed by atoms with Gasteiger partial charge in [-0.1, -0.05) is 12.1 Å². The lowest BCUT2D eigenvalue weighted by Crippen LogP contribution is -2.28. The highest BCUT2D eigenvalue weighted by Gasteiger charge is 2.16. The van der Waals surface area contributed by atoms with Crippen LogP contribution in [-0.2, 0) is 13.6 Å². The molecule has 8 heteroatoms. The number of hydrogen-bond acceptors (Lipinski definition) is 6. The third-order valence-corrected chi connectivity index (χ3v) is 4.47. The molecule has 0 aliphatic heterocycles. The van der Waals surface area contributed by atoms with E-state index in [1.54, 1.807) is 36.0 Å². The molecule has 0 unspecified atom stereocenters. The number of carboxylic acids is 1. The van der Waals surface area contributed by atoms with Crippen molar-refractivity contribution in [1.82, 2.24) is 24.3 Å². The van der Waals surface area contributed by atoms with Crippen molar-refractivity contribution < 1.29 is 14.6 Å². The summed E-state index contributed by atoms with van der Waals surface area (Å²) in [5.41, 5.74) is 0.917. The van der Waals surface area contributed by atoms with Gasteiger partial charge in [0.2, 0.25) is 5.88 Å². The van der Waals surface area contributed by atoms with Crippen LogP contribution < -0.4 is 4.74 Å². The Labute approximate surface area is 164 Å². The first kappa shape index (κ1) is 19.8. The van der Waals surface area contributed by atoms with Gasteiger partial charge in [-0.25, -0.2) is 9.78 Å². The number of carboxylic acid groups (broad SMARTS) is 1. The molecule has 0 atom stereocenters. The maximum absolute atomic E-state index is 11.4. The fourth-order valence-electron chi connectivity index (χ4n) is 2.98. The van der Waals surface area contributed by atoms with Gasteiger partial charge in [0.25, 0.3) is 0 Å². The van der Waals surface area contributed by atoms with Gasteiger partial charge in [0.1, 0.15) is 11.5 Å². The molecule has 0 aliphatic rings. The molecule has 0 saturated carbocycles. The van der Waals surface area contributed by atoms with Gasteiger partial charge < -0.3 is 19.3 Å². The summed E-state index contributed by atoms with van der Waals surface area (Å²) in [5, 5.41) is 10.2. The third-order valence-electron chi connectivity index (χ3n) is 4.47. The fourth-order valence-corrected chi connectivity index (χ4v) is 2.98. The molecule has 2 heterocycles. The minimum Gasteiger partial charge on any atom is -0.477 e. The zero-order chi connectivity index (χ0) is 20.3. The number of aromatic nitrogens is 3. The van der Waals surface area contributed by atoms with Crippen LogP contribution in [0.25, 0.3) is 10.9 Å². The summed E-state index contributed by atoms with van der Waals surface area (Å²) in [6.45, 7) is 2.47. The first-order valence-corrected chi connectivity index (χ1v) is 9.00. The highest BCUT2D eigenvalue weighted by molar-refractivity contribution is 5.96. The molecule has 0 saturated heterocycles. The highest BCUT2D eigenvalue weighted by Crippen LogP contribution is 2.31. The van der Waals surface area contributed by atoms with E-state index in [-0.39, 0.29) is 5.69 Å². The maximum Gasteiger partial charge on any atom is 0.352 e. The van der Waals surface area contributed by atoms with Crippen molar-refractivity contribution in [3.05, 3.63) is 48.0 Å². The lowest BCUT2D eigenvalue weighted by atomic mass is 10.2. The van der Waals surface area contributed by atoms with E-state index < -0.39 is 5.97 Å². The number of ether oxygens (including phenoxy) is 1. The Hall–Kier alpha value is -2.97. The first-order chi connectivity index (χ1) is 13.3. The Morgan fingerprint density at radius 3 is 2.71 bits per heavy atom. The summed E-state index contributed by atoms with van der Waals surface area (Å²) in [6.07, 6.45) is 1.67. The molecular weight excluding hydrogens is 358 g/mol. The Kier molecular flexibility index (Phi) is 5.91. The van der Waals surface area contributed by atoms with Crippen LogP contribution in [-0.4, -0.2) is 69.6 Å². The largest absolute Gasteiger partial charge is 0.477 e. The van der Waals surface area contributed by atoms with Crippen molar-refractivity contribution in [3.8, 4) is 11.6 Å². The maximum atomic E-state index is 11.4. The number of carbonyl (C=O) groups is 1. The smallest absolute Gasteiger partial charge is 0.352 e. The molecule has 148 valence electrons. The number of likely N-dealkylation sites (N-methyl/N-ethyl adjacent to an activating group) is 2. The van der Waals surface area contributed by atoms with Gasteiger partial charge in [-0.05, 0) is 33.3 Å². The normalized spacial score (nSPS) is 11.5. The molecule has 28 heavy (non-hydrogen) atoms. The van der Waals surface area contributed by atoms with Crippen LogP contribution in [0.15, 0.2) is 36.5 Å². The lowest BCUT2D eigenvalue weighted by Gasteiger charge is -2.18. The number of hydrogen-bond donors (Lipinski definition) is 1. The summed E-state index contributed by atoms with van der Waals surface area (Å²) in [6, 6.07) is 8.83. The highest BCUT2D eigenvalue weighted by atomic mass is 16.5. The predicted octanol–water partition coefficient (Wildman–Crippen LogP) is 2.45. The quantitative estimate of drug-likeness (QED) is 0.640. The van der Waals surface area contributed by atoms with Gasteiger partial charge in [-0.3, -0.25) is 4.90 Å². The standard InChI is InChI=1S/C20H25N5O3/c1-23(2)10-11-24(3)13-17-21-9-8-18(22-17)28-16-7-5-6-14-12-15(20(26)27)25(4)19(14)16/h5-9,12H,10-11,13H2,1-4H3,(H,26,27). The Bertz CT molecular complexity index is 983. The SMILES string of the molecule is CN(C)CCN(C)Cc1nccc(Oc2cccc3cc(C(=O)O)n(C)c23)n1. The first-order valence-electron chi connectivity index (χ1n) is 9.00. The van der Waals surface area contributed by atoms with Crippen molar-refractivity contribution in [2.45, 2.75) is 6.54 Å². The molecule has 3 rings (SSSR count). The van der Waals surface area contributed by atoms with Crippen LogP contribution in [0.4, 0.5) is 0 Å². The molecule has 0 spiro atoms. The second-order valence-corrected chi connectivity index (χ2v) is 7.04. The average Bonchev–Trinajstić information content (AvgIpc) is 2.98. The number of aryl methyl sites for hydroxylation is 1. The van der Waals surface area contributed by atoms with Gasteiger partial charge in [-0.2, -0.15) is 4.98 Å². The number of aromatic carboxylic acids is 1. The van der Waals surface area contributed by atoms with E-state index in [1.165, 1.54) is 0 Å². The topological polar surface area (TPSA) is 83.7 Å². The second kappa shape index (κ2) is 8.37. The minimum absolute atomic E-state index is 0.206. The summed E-state index contributed by atoms with van der Waals surface area (Å²) in [5.74, 6) is 0.675. The van der Waals surface area contributed by atoms with Crippen molar-refractivity contribution in [2.24, 2.45) is 7.05 Å². The van der Waals surface area contributed by atoms with Gasteiger partial charge in [-0.15, -0.1) is 0 Å². The predicted molar refractivity (Wildman–Crippen MR) is 107 cm³/mol. The number of benzene rings is 1. The van der Waals surface area contributed by atoms with Crippen molar-refractivity contribution in [2.75, 3.05) is 34.2 Å². The fraction of sp³-hybridized carbons (Fsp3) is 0.350. The van der Waals surface area contributed by atoms with Crippen molar-refractivity contribution in [3.63, 3.8) is 0 Å². The molecule has 0 amide bonds. The molecule has 1 aromatic carbocycles. The number of para-hydroxylation sites is 1. The van der Waals surface area contributed by atoms with Gasteiger partial charge >= 0.3 is 5.97 Å². The molecule has 0 fully saturated rings. The van der Waals surface area contributed by atoms with E-state index in [2.05, 4.69) is 19.8 Å². The van der Waals surface area contributed by atoms with E-state index in [9.17, 15) is 9.90 Å². The molecule has 3 aromatic rings. The number of nitrogens with zero attached hydrogens (tertiary/aromatic N) is 5. The minimum atomic E-state index is -0.977. The number of fused-ring (bicyclic) bond motifs is 1. The van der Waals surface area contributed by atoms with Crippen molar-refractivity contribution >= 4 is 16.9 Å². The molecule has 0 radical (unpaired) electrons. The van der Waals surface area contributed by atoms with E-state index in [1.807, 2.05) is 33.3 Å². The van der Waals surface area contributed by atoms with Crippen molar-refractivity contribution in [1.29, 1.82) is 0 Å². The molecular formula is C20H25N5O3. The monoisotopic (exact) mass is 383 g/mol. The van der Waals surface area contributed by atoms with Crippen LogP contribution in [0, 0.1) is 0 Å². The van der Waals surface area contributed by atoms with Crippen LogP contribution >= 0.6 is 0 Å². The van der Waals surface area contributed by atoms with E-state index >= 15 is 0 Å². The van der Waals surface area contributed by atoms with Gasteiger partial charge in [0.05, 0.1) is 12.1 Å². The average molecular weight is 383 g/mol. The Morgan fingerprint density at radius 1 is 1.21 bits per heavy atom. The zero-order valence-electron chi connectivity index (χ0n) is 16.6. The van der Waals surface area contributed by atoms with E-state index in [0.29, 0.717) is 29.5 Å². The van der Waals surface area contributed by atoms with Gasteiger partial charge in [0.15, 0.2) is 5.75 Å². The van der Waals surface area contributed by atoms with Crippen LogP contribution in [0.2, 0.25) is 0 Å². The molecule has 0 aliphatic carbocycles. The van der Waals surface area contributed by atoms with Crippen LogP contribution in [0.5, 0.6) is 11.6 Å². The molecule has 1 N–H and O–H groups in total. The van der Waals surface area contributed by atoms with Crippen LogP contribution in [0.3, 0.4) is 0 Å². The Morgan fingerprint density at radius 2 is 2.00 bits per heavy atom.